The average Bonchev–Trinajstić information content (AvgIpc) is 2.67. The van der Waals surface area contributed by atoms with E-state index in [1.807, 2.05) is 13.0 Å². The lowest BCUT2D eigenvalue weighted by molar-refractivity contribution is 0.0764. The molecular weight excluding hydrogens is 204 g/mol. The summed E-state index contributed by atoms with van der Waals surface area (Å²) < 4.78 is 0. The fourth-order valence-corrected chi connectivity index (χ4v) is 1.97. The van der Waals surface area contributed by atoms with E-state index in [1.54, 1.807) is 17.0 Å². The van der Waals surface area contributed by atoms with E-state index in [2.05, 4.69) is 0 Å². The van der Waals surface area contributed by atoms with E-state index >= 15 is 0 Å². The Kier molecular flexibility index (Phi) is 2.83. The number of carbonyl (C=O) groups is 1. The van der Waals surface area contributed by atoms with Crippen molar-refractivity contribution >= 4 is 11.6 Å². The van der Waals surface area contributed by atoms with Crippen molar-refractivity contribution in [3.05, 3.63) is 29.3 Å². The van der Waals surface area contributed by atoms with Gasteiger partial charge in [0, 0.05) is 24.3 Å². The Labute approximate surface area is 94.7 Å². The number of rotatable bonds is 1. The lowest BCUT2D eigenvalue weighted by Gasteiger charge is -2.17. The molecular formula is C12H16N2O2. The summed E-state index contributed by atoms with van der Waals surface area (Å²) >= 11 is 0. The van der Waals surface area contributed by atoms with Crippen molar-refractivity contribution in [2.75, 3.05) is 18.8 Å². The van der Waals surface area contributed by atoms with E-state index < -0.39 is 0 Å². The Morgan fingerprint density at radius 1 is 1.56 bits per heavy atom. The monoisotopic (exact) mass is 220 g/mol. The van der Waals surface area contributed by atoms with E-state index in [-0.39, 0.29) is 12.0 Å². The summed E-state index contributed by atoms with van der Waals surface area (Å²) in [6.45, 7) is 2.93. The molecule has 16 heavy (non-hydrogen) atoms. The topological polar surface area (TPSA) is 66.6 Å². The maximum atomic E-state index is 12.1. The lowest BCUT2D eigenvalue weighted by atomic mass is 10.1. The van der Waals surface area contributed by atoms with Crippen LogP contribution in [0.15, 0.2) is 18.2 Å². The number of aliphatic hydroxyl groups is 1. The van der Waals surface area contributed by atoms with Gasteiger partial charge in [-0.1, -0.05) is 6.07 Å². The lowest BCUT2D eigenvalue weighted by Crippen LogP contribution is -2.30. The predicted molar refractivity (Wildman–Crippen MR) is 62.1 cm³/mol. The molecule has 4 nitrogen and oxygen atoms in total. The molecule has 0 unspecified atom stereocenters. The number of nitrogens with two attached hydrogens (primary N) is 1. The molecule has 2 rings (SSSR count). The molecule has 1 heterocycles. The first-order chi connectivity index (χ1) is 7.58. The number of nitrogens with zero attached hydrogens (tertiary/aromatic N) is 1. The Morgan fingerprint density at radius 2 is 2.31 bits per heavy atom. The fourth-order valence-electron chi connectivity index (χ4n) is 1.97. The molecule has 3 N–H and O–H groups in total. The number of aryl methyl sites for hydroxylation is 1. The highest BCUT2D eigenvalue weighted by Gasteiger charge is 2.26. The van der Waals surface area contributed by atoms with Crippen molar-refractivity contribution in [1.29, 1.82) is 0 Å². The van der Waals surface area contributed by atoms with Crippen LogP contribution in [0.3, 0.4) is 0 Å². The Bertz CT molecular complexity index is 417. The van der Waals surface area contributed by atoms with Gasteiger partial charge in [-0.3, -0.25) is 4.79 Å². The molecule has 1 saturated heterocycles. The Hall–Kier alpha value is -1.55. The Balaban J connectivity index is 2.23. The van der Waals surface area contributed by atoms with Crippen molar-refractivity contribution in [2.45, 2.75) is 19.4 Å². The highest BCUT2D eigenvalue weighted by atomic mass is 16.3. The van der Waals surface area contributed by atoms with Gasteiger partial charge in [-0.15, -0.1) is 0 Å². The largest absolute Gasteiger partial charge is 0.399 e. The van der Waals surface area contributed by atoms with Crippen LogP contribution in [0.25, 0.3) is 0 Å². The van der Waals surface area contributed by atoms with Crippen LogP contribution in [0.5, 0.6) is 0 Å². The van der Waals surface area contributed by atoms with E-state index in [0.717, 1.165) is 5.56 Å². The molecule has 0 bridgehead atoms. The molecule has 86 valence electrons. The van der Waals surface area contributed by atoms with Crippen molar-refractivity contribution in [3.63, 3.8) is 0 Å². The molecule has 1 aliphatic heterocycles. The van der Waals surface area contributed by atoms with Gasteiger partial charge >= 0.3 is 0 Å². The summed E-state index contributed by atoms with van der Waals surface area (Å²) in [5.74, 6) is -0.0404. The minimum atomic E-state index is -0.384. The number of anilines is 1. The van der Waals surface area contributed by atoms with Gasteiger partial charge in [0.2, 0.25) is 0 Å². The second-order valence-corrected chi connectivity index (χ2v) is 4.27. The maximum absolute atomic E-state index is 12.1. The number of nitrogen functional groups attached to an aromatic ring is 1. The van der Waals surface area contributed by atoms with Crippen molar-refractivity contribution in [2.24, 2.45) is 0 Å². The van der Waals surface area contributed by atoms with E-state index in [1.165, 1.54) is 0 Å². The summed E-state index contributed by atoms with van der Waals surface area (Å²) in [7, 11) is 0. The molecule has 0 spiro atoms. The SMILES string of the molecule is Cc1ccc(N)cc1C(=O)N1CC[C@H](O)C1. The normalized spacial score (nSPS) is 20.1. The first kappa shape index (κ1) is 11.0. The molecule has 0 aromatic heterocycles. The number of likely N-dealkylation sites (tertiary alicyclic amines) is 1. The number of benzene rings is 1. The number of hydrogen-bond donors (Lipinski definition) is 2. The van der Waals surface area contributed by atoms with Crippen LogP contribution in [0.4, 0.5) is 5.69 Å². The third-order valence-electron chi connectivity index (χ3n) is 2.94. The summed E-state index contributed by atoms with van der Waals surface area (Å²) in [6, 6.07) is 5.32. The quantitative estimate of drug-likeness (QED) is 0.687. The molecule has 1 aliphatic rings. The van der Waals surface area contributed by atoms with Crippen molar-refractivity contribution < 1.29 is 9.90 Å². The van der Waals surface area contributed by atoms with Crippen LogP contribution in [0.1, 0.15) is 22.3 Å². The highest BCUT2D eigenvalue weighted by Crippen LogP contribution is 2.18. The smallest absolute Gasteiger partial charge is 0.254 e. The van der Waals surface area contributed by atoms with Gasteiger partial charge < -0.3 is 15.7 Å². The minimum Gasteiger partial charge on any atom is -0.399 e. The average molecular weight is 220 g/mol. The Morgan fingerprint density at radius 3 is 2.94 bits per heavy atom. The molecule has 0 saturated carbocycles. The van der Waals surface area contributed by atoms with Gasteiger partial charge in [-0.25, -0.2) is 0 Å². The maximum Gasteiger partial charge on any atom is 0.254 e. The number of hydrogen-bond acceptors (Lipinski definition) is 3. The second kappa shape index (κ2) is 4.14. The van der Waals surface area contributed by atoms with E-state index in [0.29, 0.717) is 30.8 Å². The van der Waals surface area contributed by atoms with Crippen LogP contribution >= 0.6 is 0 Å². The van der Waals surface area contributed by atoms with Crippen LogP contribution in [0.2, 0.25) is 0 Å². The summed E-state index contributed by atoms with van der Waals surface area (Å²) in [5.41, 5.74) is 7.81. The van der Waals surface area contributed by atoms with Gasteiger partial charge in [0.1, 0.15) is 0 Å². The number of carbonyl (C=O) groups excluding carboxylic acids is 1. The van der Waals surface area contributed by atoms with Crippen LogP contribution in [-0.4, -0.2) is 35.1 Å². The third kappa shape index (κ3) is 2.02. The van der Waals surface area contributed by atoms with Gasteiger partial charge in [0.15, 0.2) is 0 Å². The zero-order valence-corrected chi connectivity index (χ0v) is 9.31. The van der Waals surface area contributed by atoms with Crippen molar-refractivity contribution in [3.8, 4) is 0 Å². The summed E-state index contributed by atoms with van der Waals surface area (Å²) in [6.07, 6.45) is 0.276. The predicted octanol–water partition coefficient (Wildman–Crippen LogP) is 0.784. The zero-order valence-electron chi connectivity index (χ0n) is 9.31. The standard InChI is InChI=1S/C12H16N2O2/c1-8-2-3-9(13)6-11(8)12(16)14-5-4-10(15)7-14/h2-3,6,10,15H,4-5,7,13H2,1H3/t10-/m0/s1. The van der Waals surface area contributed by atoms with Crippen molar-refractivity contribution in [1.82, 2.24) is 4.90 Å². The molecule has 4 heteroatoms. The van der Waals surface area contributed by atoms with Gasteiger partial charge in [-0.05, 0) is 31.0 Å². The van der Waals surface area contributed by atoms with Crippen LogP contribution in [0, 0.1) is 6.92 Å². The first-order valence-corrected chi connectivity index (χ1v) is 5.41. The van der Waals surface area contributed by atoms with Gasteiger partial charge in [-0.2, -0.15) is 0 Å². The van der Waals surface area contributed by atoms with Crippen LogP contribution < -0.4 is 5.73 Å². The molecule has 1 atom stereocenters. The number of aliphatic hydroxyl groups excluding tert-OH is 1. The summed E-state index contributed by atoms with van der Waals surface area (Å²) in [4.78, 5) is 13.8. The first-order valence-electron chi connectivity index (χ1n) is 5.41. The summed E-state index contributed by atoms with van der Waals surface area (Å²) in [5, 5.41) is 9.40. The minimum absolute atomic E-state index is 0.0404. The third-order valence-corrected chi connectivity index (χ3v) is 2.94. The fraction of sp³-hybridized carbons (Fsp3) is 0.417. The molecule has 1 fully saturated rings. The van der Waals surface area contributed by atoms with E-state index in [4.69, 9.17) is 5.73 Å². The molecule has 1 amide bonds. The molecule has 1 aromatic carbocycles. The molecule has 0 aliphatic carbocycles. The highest BCUT2D eigenvalue weighted by molar-refractivity contribution is 5.96. The van der Waals surface area contributed by atoms with E-state index in [9.17, 15) is 9.90 Å². The number of β-amino-alcohol motifs (C(OH)–C–C–N with tert-alkyl or cyclic N) is 1. The van der Waals surface area contributed by atoms with Gasteiger partial charge in [0.05, 0.1) is 6.10 Å². The second-order valence-electron chi connectivity index (χ2n) is 4.27. The zero-order chi connectivity index (χ0) is 11.7. The molecule has 1 aromatic rings. The molecule has 0 radical (unpaired) electrons. The number of amides is 1. The van der Waals surface area contributed by atoms with Crippen LogP contribution in [-0.2, 0) is 0 Å². The van der Waals surface area contributed by atoms with Gasteiger partial charge in [0.25, 0.3) is 5.91 Å².